The average molecular weight is 426 g/mol. The molecule has 1 fully saturated rings. The van der Waals surface area contributed by atoms with Gasteiger partial charge >= 0.3 is 0 Å². The fourth-order valence-electron chi connectivity index (χ4n) is 1.71. The Bertz CT molecular complexity index is 334. The molecular formula is C15H31IN4O2. The van der Waals surface area contributed by atoms with Crippen LogP contribution in [0.25, 0.3) is 0 Å². The van der Waals surface area contributed by atoms with E-state index < -0.39 is 0 Å². The van der Waals surface area contributed by atoms with Crippen molar-refractivity contribution in [2.75, 3.05) is 39.9 Å². The lowest BCUT2D eigenvalue weighted by Gasteiger charge is -2.13. The van der Waals surface area contributed by atoms with E-state index in [9.17, 15) is 4.79 Å². The van der Waals surface area contributed by atoms with Gasteiger partial charge in [0.05, 0.1) is 0 Å². The van der Waals surface area contributed by atoms with Crippen LogP contribution >= 0.6 is 24.0 Å². The minimum atomic E-state index is 0. The fraction of sp³-hybridized carbons (Fsp3) is 0.867. The molecule has 130 valence electrons. The standard InChI is InChI=1S/C15H30N4O2.HI/c1-12(2)14(20)17-8-9-19-15(16-3)18-7-4-10-21-11-13-5-6-13;/h12-13H,4-11H2,1-3H3,(H,17,20)(H2,16,18,19);1H. The molecule has 0 unspecified atom stereocenters. The molecule has 6 nitrogen and oxygen atoms in total. The predicted octanol–water partition coefficient (Wildman–Crippen LogP) is 1.36. The molecule has 1 aliphatic carbocycles. The molecule has 7 heteroatoms. The van der Waals surface area contributed by atoms with Gasteiger partial charge in [0, 0.05) is 45.8 Å². The number of guanidine groups is 1. The lowest BCUT2D eigenvalue weighted by Crippen LogP contribution is -2.42. The first-order valence-corrected chi connectivity index (χ1v) is 7.93. The highest BCUT2D eigenvalue weighted by Gasteiger charge is 2.20. The van der Waals surface area contributed by atoms with Crippen molar-refractivity contribution in [1.29, 1.82) is 0 Å². The van der Waals surface area contributed by atoms with Crippen molar-refractivity contribution < 1.29 is 9.53 Å². The molecule has 1 rings (SSSR count). The topological polar surface area (TPSA) is 74.8 Å². The van der Waals surface area contributed by atoms with E-state index in [1.165, 1.54) is 12.8 Å². The van der Waals surface area contributed by atoms with E-state index in [1.54, 1.807) is 7.05 Å². The molecule has 0 radical (unpaired) electrons. The number of halogens is 1. The summed E-state index contributed by atoms with van der Waals surface area (Å²) in [5, 5.41) is 9.25. The molecule has 0 bridgehead atoms. The number of hydrogen-bond acceptors (Lipinski definition) is 3. The van der Waals surface area contributed by atoms with Gasteiger partial charge in [-0.3, -0.25) is 9.79 Å². The van der Waals surface area contributed by atoms with E-state index in [1.807, 2.05) is 13.8 Å². The zero-order chi connectivity index (χ0) is 15.5. The number of ether oxygens (including phenoxy) is 1. The SMILES string of the molecule is CN=C(NCCCOCC1CC1)NCCNC(=O)C(C)C.I. The smallest absolute Gasteiger partial charge is 0.222 e. The molecule has 0 atom stereocenters. The molecule has 0 saturated heterocycles. The van der Waals surface area contributed by atoms with Gasteiger partial charge in [0.15, 0.2) is 5.96 Å². The van der Waals surface area contributed by atoms with Crippen molar-refractivity contribution >= 4 is 35.8 Å². The number of carbonyl (C=O) groups is 1. The highest BCUT2D eigenvalue weighted by atomic mass is 127. The van der Waals surface area contributed by atoms with Gasteiger partial charge in [-0.2, -0.15) is 0 Å². The van der Waals surface area contributed by atoms with Crippen LogP contribution in [0.15, 0.2) is 4.99 Å². The number of nitrogens with one attached hydrogen (secondary N) is 3. The number of nitrogens with zero attached hydrogens (tertiary/aromatic N) is 1. The quantitative estimate of drug-likeness (QED) is 0.214. The second-order valence-electron chi connectivity index (χ2n) is 5.74. The minimum absolute atomic E-state index is 0. The summed E-state index contributed by atoms with van der Waals surface area (Å²) in [6.45, 7) is 7.58. The molecule has 1 saturated carbocycles. The van der Waals surface area contributed by atoms with Gasteiger partial charge in [0.1, 0.15) is 0 Å². The highest BCUT2D eigenvalue weighted by Crippen LogP contribution is 2.28. The first-order valence-electron chi connectivity index (χ1n) is 7.93. The lowest BCUT2D eigenvalue weighted by molar-refractivity contribution is -0.123. The molecule has 0 heterocycles. The Morgan fingerprint density at radius 2 is 1.82 bits per heavy atom. The van der Waals surface area contributed by atoms with Crippen LogP contribution in [-0.2, 0) is 9.53 Å². The summed E-state index contributed by atoms with van der Waals surface area (Å²) in [7, 11) is 1.74. The van der Waals surface area contributed by atoms with Crippen LogP contribution in [0, 0.1) is 11.8 Å². The van der Waals surface area contributed by atoms with Crippen LogP contribution < -0.4 is 16.0 Å². The monoisotopic (exact) mass is 426 g/mol. The summed E-state index contributed by atoms with van der Waals surface area (Å²) in [6, 6.07) is 0. The van der Waals surface area contributed by atoms with Crippen LogP contribution in [0.4, 0.5) is 0 Å². The molecule has 0 aromatic rings. The van der Waals surface area contributed by atoms with Crippen LogP contribution in [-0.4, -0.2) is 51.8 Å². The maximum absolute atomic E-state index is 11.4. The second kappa shape index (κ2) is 12.9. The van der Waals surface area contributed by atoms with E-state index >= 15 is 0 Å². The average Bonchev–Trinajstić information content (AvgIpc) is 3.28. The Morgan fingerprint density at radius 3 is 2.41 bits per heavy atom. The molecular weight excluding hydrogens is 395 g/mol. The first-order chi connectivity index (χ1) is 10.1. The number of aliphatic imine (C=N–C) groups is 1. The van der Waals surface area contributed by atoms with Gasteiger partial charge in [0.25, 0.3) is 0 Å². The molecule has 1 aliphatic rings. The molecule has 1 amide bonds. The molecule has 0 aromatic heterocycles. The van der Waals surface area contributed by atoms with Crippen molar-refractivity contribution in [2.45, 2.75) is 33.1 Å². The van der Waals surface area contributed by atoms with Gasteiger partial charge in [-0.1, -0.05) is 13.8 Å². The van der Waals surface area contributed by atoms with Crippen molar-refractivity contribution in [1.82, 2.24) is 16.0 Å². The van der Waals surface area contributed by atoms with E-state index in [-0.39, 0.29) is 35.8 Å². The number of rotatable bonds is 10. The zero-order valence-corrected chi connectivity index (χ0v) is 16.3. The van der Waals surface area contributed by atoms with Gasteiger partial charge in [0.2, 0.25) is 5.91 Å². The van der Waals surface area contributed by atoms with E-state index in [4.69, 9.17) is 4.74 Å². The Hall–Kier alpha value is -0.570. The summed E-state index contributed by atoms with van der Waals surface area (Å²) in [5.74, 6) is 1.69. The molecule has 0 aromatic carbocycles. The van der Waals surface area contributed by atoms with E-state index in [2.05, 4.69) is 20.9 Å². The van der Waals surface area contributed by atoms with E-state index in [0.29, 0.717) is 13.1 Å². The van der Waals surface area contributed by atoms with Crippen molar-refractivity contribution in [2.24, 2.45) is 16.8 Å². The van der Waals surface area contributed by atoms with Gasteiger partial charge < -0.3 is 20.7 Å². The third-order valence-electron chi connectivity index (χ3n) is 3.27. The molecule has 22 heavy (non-hydrogen) atoms. The minimum Gasteiger partial charge on any atom is -0.381 e. The largest absolute Gasteiger partial charge is 0.381 e. The number of hydrogen-bond donors (Lipinski definition) is 3. The van der Waals surface area contributed by atoms with E-state index in [0.717, 1.165) is 38.1 Å². The Kier molecular flexibility index (Phi) is 12.6. The van der Waals surface area contributed by atoms with Gasteiger partial charge in [-0.05, 0) is 25.2 Å². The van der Waals surface area contributed by atoms with Crippen LogP contribution in [0.5, 0.6) is 0 Å². The van der Waals surface area contributed by atoms with Crippen molar-refractivity contribution in [3.63, 3.8) is 0 Å². The maximum Gasteiger partial charge on any atom is 0.222 e. The molecule has 0 aliphatic heterocycles. The first kappa shape index (κ1) is 21.4. The van der Waals surface area contributed by atoms with Crippen molar-refractivity contribution in [3.05, 3.63) is 0 Å². The van der Waals surface area contributed by atoms with Crippen LogP contribution in [0.2, 0.25) is 0 Å². The summed E-state index contributed by atoms with van der Waals surface area (Å²) < 4.78 is 5.57. The Balaban J connectivity index is 0.00000441. The maximum atomic E-state index is 11.4. The zero-order valence-electron chi connectivity index (χ0n) is 14.0. The van der Waals surface area contributed by atoms with Gasteiger partial charge in [-0.15, -0.1) is 24.0 Å². The third-order valence-corrected chi connectivity index (χ3v) is 3.27. The van der Waals surface area contributed by atoms with Crippen LogP contribution in [0.3, 0.4) is 0 Å². The normalized spacial score (nSPS) is 14.5. The van der Waals surface area contributed by atoms with Crippen molar-refractivity contribution in [3.8, 4) is 0 Å². The Labute approximate surface area is 151 Å². The number of carbonyl (C=O) groups excluding carboxylic acids is 1. The summed E-state index contributed by atoms with van der Waals surface area (Å²) in [5.41, 5.74) is 0. The summed E-state index contributed by atoms with van der Waals surface area (Å²) in [6.07, 6.45) is 3.64. The second-order valence-corrected chi connectivity index (χ2v) is 5.74. The highest BCUT2D eigenvalue weighted by molar-refractivity contribution is 14.0. The fourth-order valence-corrected chi connectivity index (χ4v) is 1.71. The Morgan fingerprint density at radius 1 is 1.18 bits per heavy atom. The predicted molar refractivity (Wildman–Crippen MR) is 101 cm³/mol. The number of amides is 1. The summed E-state index contributed by atoms with van der Waals surface area (Å²) in [4.78, 5) is 15.5. The van der Waals surface area contributed by atoms with Crippen LogP contribution in [0.1, 0.15) is 33.1 Å². The third kappa shape index (κ3) is 11.1. The lowest BCUT2D eigenvalue weighted by atomic mass is 10.2. The summed E-state index contributed by atoms with van der Waals surface area (Å²) >= 11 is 0. The van der Waals surface area contributed by atoms with Gasteiger partial charge in [-0.25, -0.2) is 0 Å². The molecule has 0 spiro atoms. The molecule has 3 N–H and O–H groups in total.